The van der Waals surface area contributed by atoms with E-state index in [4.69, 9.17) is 13.9 Å². The first-order valence-electron chi connectivity index (χ1n) is 7.95. The molecule has 1 aromatic heterocycles. The molecule has 0 spiro atoms. The van der Waals surface area contributed by atoms with Gasteiger partial charge in [0.1, 0.15) is 11.3 Å². The fraction of sp³-hybridized carbons (Fsp3) is 0.211. The van der Waals surface area contributed by atoms with Crippen LogP contribution in [0.4, 0.5) is 5.69 Å². The second-order valence-electron chi connectivity index (χ2n) is 5.73. The first-order chi connectivity index (χ1) is 12.5. The zero-order valence-corrected chi connectivity index (χ0v) is 14.7. The maximum Gasteiger partial charge on any atom is 0.337 e. The summed E-state index contributed by atoms with van der Waals surface area (Å²) in [7, 11) is 1.33. The summed E-state index contributed by atoms with van der Waals surface area (Å²) in [6.45, 7) is 3.48. The van der Waals surface area contributed by atoms with Gasteiger partial charge in [-0.25, -0.2) is 9.78 Å². The summed E-state index contributed by atoms with van der Waals surface area (Å²) in [6, 6.07) is 10.3. The van der Waals surface area contributed by atoms with Crippen LogP contribution >= 0.6 is 0 Å². The third kappa shape index (κ3) is 3.83. The highest BCUT2D eigenvalue weighted by Gasteiger charge is 2.11. The van der Waals surface area contributed by atoms with E-state index < -0.39 is 5.97 Å². The molecule has 0 saturated carbocycles. The Kier molecular flexibility index (Phi) is 4.88. The Labute approximate surface area is 149 Å². The normalized spacial score (nSPS) is 10.6. The van der Waals surface area contributed by atoms with Crippen LogP contribution in [-0.2, 0) is 16.1 Å². The van der Waals surface area contributed by atoms with Gasteiger partial charge in [-0.3, -0.25) is 4.79 Å². The molecule has 0 aliphatic carbocycles. The van der Waals surface area contributed by atoms with E-state index in [0.29, 0.717) is 28.3 Å². The second kappa shape index (κ2) is 7.26. The molecule has 7 nitrogen and oxygen atoms in total. The van der Waals surface area contributed by atoms with Crippen LogP contribution in [0.2, 0.25) is 0 Å². The van der Waals surface area contributed by atoms with Crippen LogP contribution in [0.15, 0.2) is 40.8 Å². The number of oxazole rings is 1. The van der Waals surface area contributed by atoms with Crippen LogP contribution < -0.4 is 10.1 Å². The number of hydrogen-bond donors (Lipinski definition) is 1. The van der Waals surface area contributed by atoms with Gasteiger partial charge in [-0.2, -0.15) is 0 Å². The Hall–Kier alpha value is -3.35. The van der Waals surface area contributed by atoms with Gasteiger partial charge in [0.05, 0.1) is 12.7 Å². The Morgan fingerprint density at radius 2 is 2.00 bits per heavy atom. The van der Waals surface area contributed by atoms with Gasteiger partial charge >= 0.3 is 5.97 Å². The number of anilines is 1. The van der Waals surface area contributed by atoms with Crippen molar-refractivity contribution in [2.24, 2.45) is 0 Å². The van der Waals surface area contributed by atoms with E-state index in [1.807, 2.05) is 13.0 Å². The zero-order valence-electron chi connectivity index (χ0n) is 14.7. The van der Waals surface area contributed by atoms with Crippen molar-refractivity contribution in [1.82, 2.24) is 4.98 Å². The lowest BCUT2D eigenvalue weighted by Gasteiger charge is -2.09. The largest absolute Gasteiger partial charge is 0.484 e. The quantitative estimate of drug-likeness (QED) is 0.706. The Balaban J connectivity index is 1.72. The number of nitrogens with one attached hydrogen (secondary N) is 1. The van der Waals surface area contributed by atoms with Crippen molar-refractivity contribution in [2.45, 2.75) is 20.5 Å². The van der Waals surface area contributed by atoms with E-state index in [9.17, 15) is 9.59 Å². The number of amides is 1. The van der Waals surface area contributed by atoms with E-state index in [-0.39, 0.29) is 12.5 Å². The van der Waals surface area contributed by atoms with Crippen molar-refractivity contribution >= 4 is 28.7 Å². The van der Waals surface area contributed by atoms with Crippen molar-refractivity contribution in [3.05, 3.63) is 53.4 Å². The van der Waals surface area contributed by atoms with E-state index in [1.54, 1.807) is 30.3 Å². The molecular weight excluding hydrogens is 336 g/mol. The number of ether oxygens (including phenoxy) is 2. The van der Waals surface area contributed by atoms with Gasteiger partial charge in [-0.1, -0.05) is 0 Å². The van der Waals surface area contributed by atoms with Crippen LogP contribution in [0.5, 0.6) is 5.75 Å². The van der Waals surface area contributed by atoms with Crippen LogP contribution in [0.3, 0.4) is 0 Å². The lowest BCUT2D eigenvalue weighted by atomic mass is 10.2. The van der Waals surface area contributed by atoms with E-state index in [2.05, 4.69) is 10.3 Å². The van der Waals surface area contributed by atoms with Gasteiger partial charge in [0.25, 0.3) is 0 Å². The fourth-order valence-electron chi connectivity index (χ4n) is 2.48. The molecule has 0 radical (unpaired) electrons. The van der Waals surface area contributed by atoms with E-state index in [1.165, 1.54) is 14.0 Å². The summed E-state index contributed by atoms with van der Waals surface area (Å²) >= 11 is 0. The smallest absolute Gasteiger partial charge is 0.337 e. The number of carbonyl (C=O) groups excluding carboxylic acids is 2. The molecular formula is C19H18N2O5. The predicted molar refractivity (Wildman–Crippen MR) is 95.2 cm³/mol. The van der Waals surface area contributed by atoms with Crippen molar-refractivity contribution < 1.29 is 23.5 Å². The molecule has 0 bridgehead atoms. The molecule has 7 heteroatoms. The van der Waals surface area contributed by atoms with Crippen molar-refractivity contribution in [2.75, 3.05) is 12.4 Å². The average molecular weight is 354 g/mol. The molecule has 3 rings (SSSR count). The Morgan fingerprint density at radius 3 is 2.69 bits per heavy atom. The van der Waals surface area contributed by atoms with Gasteiger partial charge in [0.15, 0.2) is 12.2 Å². The monoisotopic (exact) mass is 354 g/mol. The number of aromatic nitrogens is 1. The van der Waals surface area contributed by atoms with Gasteiger partial charge in [-0.15, -0.1) is 0 Å². The summed E-state index contributed by atoms with van der Waals surface area (Å²) < 4.78 is 16.0. The van der Waals surface area contributed by atoms with Crippen LogP contribution in [-0.4, -0.2) is 24.0 Å². The third-order valence-electron chi connectivity index (χ3n) is 3.72. The lowest BCUT2D eigenvalue weighted by molar-refractivity contribution is -0.114. The molecule has 0 atom stereocenters. The van der Waals surface area contributed by atoms with Gasteiger partial charge in [0.2, 0.25) is 11.8 Å². The van der Waals surface area contributed by atoms with Crippen LogP contribution in [0.25, 0.3) is 11.1 Å². The predicted octanol–water partition coefficient (Wildman–Crippen LogP) is 3.46. The van der Waals surface area contributed by atoms with Gasteiger partial charge in [-0.05, 0) is 48.9 Å². The number of hydrogen-bond acceptors (Lipinski definition) is 6. The molecule has 3 aromatic rings. The molecule has 26 heavy (non-hydrogen) atoms. The Morgan fingerprint density at radius 1 is 1.19 bits per heavy atom. The van der Waals surface area contributed by atoms with Crippen LogP contribution in [0.1, 0.15) is 28.7 Å². The topological polar surface area (TPSA) is 90.7 Å². The first-order valence-corrected chi connectivity index (χ1v) is 7.95. The van der Waals surface area contributed by atoms with Crippen molar-refractivity contribution in [1.29, 1.82) is 0 Å². The number of carbonyl (C=O) groups is 2. The fourth-order valence-corrected chi connectivity index (χ4v) is 2.48. The summed E-state index contributed by atoms with van der Waals surface area (Å²) in [5, 5.41) is 2.75. The number of benzene rings is 2. The average Bonchev–Trinajstić information content (AvgIpc) is 3.03. The number of methoxy groups -OCH3 is 1. The van der Waals surface area contributed by atoms with Crippen molar-refractivity contribution in [3.63, 3.8) is 0 Å². The molecule has 1 amide bonds. The standard InChI is InChI=1S/C19H18N2O5/c1-11-8-14(5-6-15(11)20-12(2)22)25-10-18-21-16-9-13(19(23)24-3)4-7-17(16)26-18/h4-9H,10H2,1-3H3,(H,20,22). The maximum atomic E-state index is 11.6. The highest BCUT2D eigenvalue weighted by atomic mass is 16.5. The zero-order chi connectivity index (χ0) is 18.7. The van der Waals surface area contributed by atoms with Gasteiger partial charge < -0.3 is 19.2 Å². The minimum Gasteiger partial charge on any atom is -0.484 e. The molecule has 1 heterocycles. The maximum absolute atomic E-state index is 11.6. The number of aryl methyl sites for hydroxylation is 1. The lowest BCUT2D eigenvalue weighted by Crippen LogP contribution is -2.07. The molecule has 2 aromatic carbocycles. The van der Waals surface area contributed by atoms with Crippen LogP contribution in [0, 0.1) is 6.92 Å². The molecule has 0 aliphatic heterocycles. The number of nitrogens with zero attached hydrogens (tertiary/aromatic N) is 1. The Bertz CT molecular complexity index is 977. The SMILES string of the molecule is COC(=O)c1ccc2oc(COc3ccc(NC(C)=O)c(C)c3)nc2c1. The molecule has 0 unspecified atom stereocenters. The molecule has 134 valence electrons. The van der Waals surface area contributed by atoms with E-state index >= 15 is 0 Å². The minimum absolute atomic E-state index is 0.125. The summed E-state index contributed by atoms with van der Waals surface area (Å²) in [4.78, 5) is 27.0. The summed E-state index contributed by atoms with van der Waals surface area (Å²) in [5.41, 5.74) is 3.15. The minimum atomic E-state index is -0.428. The molecule has 0 saturated heterocycles. The highest BCUT2D eigenvalue weighted by Crippen LogP contribution is 2.23. The first kappa shape index (κ1) is 17.5. The van der Waals surface area contributed by atoms with Crippen molar-refractivity contribution in [3.8, 4) is 5.75 Å². The third-order valence-corrected chi connectivity index (χ3v) is 3.72. The summed E-state index contributed by atoms with van der Waals surface area (Å²) in [5.74, 6) is 0.474. The second-order valence-corrected chi connectivity index (χ2v) is 5.73. The number of rotatable bonds is 5. The molecule has 0 fully saturated rings. The highest BCUT2D eigenvalue weighted by molar-refractivity contribution is 5.93. The molecule has 1 N–H and O–H groups in total. The number of esters is 1. The van der Waals surface area contributed by atoms with Gasteiger partial charge in [0, 0.05) is 12.6 Å². The molecule has 0 aliphatic rings. The van der Waals surface area contributed by atoms with E-state index in [0.717, 1.165) is 11.3 Å². The summed E-state index contributed by atoms with van der Waals surface area (Å²) in [6.07, 6.45) is 0. The number of fused-ring (bicyclic) bond motifs is 1.